The van der Waals surface area contributed by atoms with Gasteiger partial charge < -0.3 is 15.2 Å². The first-order chi connectivity index (χ1) is 10.1. The first kappa shape index (κ1) is 13.4. The largest absolute Gasteiger partial charge is 0.488 e. The maximum atomic E-state index is 10.9. The van der Waals surface area contributed by atoms with Gasteiger partial charge in [0.1, 0.15) is 11.9 Å². The Balaban J connectivity index is 1.62. The minimum Gasteiger partial charge on any atom is -0.488 e. The van der Waals surface area contributed by atoms with Crippen LogP contribution in [0.5, 0.6) is 5.75 Å². The molecule has 0 radical (unpaired) electrons. The van der Waals surface area contributed by atoms with Crippen molar-refractivity contribution in [3.8, 4) is 5.75 Å². The van der Waals surface area contributed by atoms with E-state index in [1.165, 1.54) is 11.8 Å². The van der Waals surface area contributed by atoms with E-state index in [4.69, 9.17) is 9.84 Å². The second-order valence-electron chi connectivity index (χ2n) is 4.93. The van der Waals surface area contributed by atoms with Gasteiger partial charge in [-0.3, -0.25) is 0 Å². The summed E-state index contributed by atoms with van der Waals surface area (Å²) in [6.07, 6.45) is 2.19. The van der Waals surface area contributed by atoms with Gasteiger partial charge in [0.2, 0.25) is 5.95 Å². The number of para-hydroxylation sites is 1. The number of carboxylic acid groups (broad SMARTS) is 1. The lowest BCUT2D eigenvalue weighted by Crippen LogP contribution is -2.25. The first-order valence-electron chi connectivity index (χ1n) is 6.69. The number of hydrogen-bond acceptors (Lipinski definition) is 5. The maximum Gasteiger partial charge on any atom is 0.339 e. The van der Waals surface area contributed by atoms with Crippen LogP contribution in [0.3, 0.4) is 0 Å². The molecule has 3 rings (SSSR count). The van der Waals surface area contributed by atoms with Crippen LogP contribution in [0.25, 0.3) is 0 Å². The molecule has 0 bridgehead atoms. The molecule has 21 heavy (non-hydrogen) atoms. The summed E-state index contributed by atoms with van der Waals surface area (Å²) < 4.78 is 5.81. The summed E-state index contributed by atoms with van der Waals surface area (Å²) in [7, 11) is 0. The predicted molar refractivity (Wildman–Crippen MR) is 76.8 cm³/mol. The SMILES string of the molecule is Cc1nc(NCC2Cc3ccccc3O2)ncc1C(=O)O. The average Bonchev–Trinajstić information content (AvgIpc) is 2.87. The molecule has 2 N–H and O–H groups in total. The third-order valence-electron chi connectivity index (χ3n) is 3.41. The number of nitrogens with zero attached hydrogens (tertiary/aromatic N) is 2. The number of rotatable bonds is 4. The second kappa shape index (κ2) is 5.40. The minimum atomic E-state index is -1.02. The topological polar surface area (TPSA) is 84.3 Å². The Morgan fingerprint density at radius 3 is 3.00 bits per heavy atom. The molecule has 0 aliphatic carbocycles. The number of aromatic nitrogens is 2. The molecule has 0 saturated carbocycles. The molecule has 108 valence electrons. The zero-order valence-corrected chi connectivity index (χ0v) is 11.5. The van der Waals surface area contributed by atoms with Crippen LogP contribution in [0.1, 0.15) is 21.6 Å². The average molecular weight is 285 g/mol. The molecule has 1 aromatic carbocycles. The Labute approximate surface area is 121 Å². The number of nitrogens with one attached hydrogen (secondary N) is 1. The lowest BCUT2D eigenvalue weighted by Gasteiger charge is -2.12. The summed E-state index contributed by atoms with van der Waals surface area (Å²) in [6, 6.07) is 7.95. The molecule has 1 aliphatic rings. The van der Waals surface area contributed by atoms with Crippen molar-refractivity contribution in [1.82, 2.24) is 9.97 Å². The second-order valence-corrected chi connectivity index (χ2v) is 4.93. The van der Waals surface area contributed by atoms with E-state index in [1.807, 2.05) is 18.2 Å². The van der Waals surface area contributed by atoms with E-state index in [0.717, 1.165) is 12.2 Å². The fraction of sp³-hybridized carbons (Fsp3) is 0.267. The van der Waals surface area contributed by atoms with Crippen LogP contribution in [-0.2, 0) is 6.42 Å². The third kappa shape index (κ3) is 2.79. The number of benzene rings is 1. The number of aryl methyl sites for hydroxylation is 1. The Morgan fingerprint density at radius 2 is 2.29 bits per heavy atom. The van der Waals surface area contributed by atoms with Crippen LogP contribution in [0.2, 0.25) is 0 Å². The van der Waals surface area contributed by atoms with Crippen molar-refractivity contribution in [2.45, 2.75) is 19.4 Å². The molecule has 1 aromatic heterocycles. The Kier molecular flexibility index (Phi) is 3.43. The molecule has 6 heteroatoms. The highest BCUT2D eigenvalue weighted by molar-refractivity contribution is 5.88. The van der Waals surface area contributed by atoms with Crippen LogP contribution in [0.4, 0.5) is 5.95 Å². The van der Waals surface area contributed by atoms with Crippen molar-refractivity contribution in [3.05, 3.63) is 47.3 Å². The lowest BCUT2D eigenvalue weighted by atomic mass is 10.1. The van der Waals surface area contributed by atoms with Crippen LogP contribution in [-0.4, -0.2) is 33.7 Å². The summed E-state index contributed by atoms with van der Waals surface area (Å²) in [4.78, 5) is 19.1. The summed E-state index contributed by atoms with van der Waals surface area (Å²) in [5.74, 6) is 0.313. The number of aromatic carboxylic acids is 1. The fourth-order valence-corrected chi connectivity index (χ4v) is 2.34. The number of ether oxygens (including phenoxy) is 1. The number of carbonyl (C=O) groups is 1. The first-order valence-corrected chi connectivity index (χ1v) is 6.69. The van der Waals surface area contributed by atoms with Crippen molar-refractivity contribution < 1.29 is 14.6 Å². The third-order valence-corrected chi connectivity index (χ3v) is 3.41. The van der Waals surface area contributed by atoms with E-state index in [0.29, 0.717) is 18.2 Å². The van der Waals surface area contributed by atoms with Gasteiger partial charge in [0.05, 0.1) is 17.8 Å². The summed E-state index contributed by atoms with van der Waals surface area (Å²) in [6.45, 7) is 2.22. The monoisotopic (exact) mass is 285 g/mol. The molecule has 1 aliphatic heterocycles. The zero-order chi connectivity index (χ0) is 14.8. The van der Waals surface area contributed by atoms with Crippen LogP contribution >= 0.6 is 0 Å². The summed E-state index contributed by atoms with van der Waals surface area (Å²) in [5.41, 5.74) is 1.75. The van der Waals surface area contributed by atoms with E-state index < -0.39 is 5.97 Å². The van der Waals surface area contributed by atoms with Gasteiger partial charge in [-0.05, 0) is 18.6 Å². The molecule has 0 fully saturated rings. The number of carboxylic acids is 1. The van der Waals surface area contributed by atoms with Crippen LogP contribution < -0.4 is 10.1 Å². The number of anilines is 1. The molecular formula is C15H15N3O3. The lowest BCUT2D eigenvalue weighted by molar-refractivity contribution is 0.0695. The van der Waals surface area contributed by atoms with Crippen molar-refractivity contribution in [3.63, 3.8) is 0 Å². The molecular weight excluding hydrogens is 270 g/mol. The van der Waals surface area contributed by atoms with Crippen molar-refractivity contribution in [1.29, 1.82) is 0 Å². The van der Waals surface area contributed by atoms with Crippen molar-refractivity contribution >= 4 is 11.9 Å². The van der Waals surface area contributed by atoms with Crippen LogP contribution in [0, 0.1) is 6.92 Å². The summed E-state index contributed by atoms with van der Waals surface area (Å²) >= 11 is 0. The van der Waals surface area contributed by atoms with Gasteiger partial charge >= 0.3 is 5.97 Å². The highest BCUT2D eigenvalue weighted by Crippen LogP contribution is 2.28. The molecule has 0 amide bonds. The van der Waals surface area contributed by atoms with Crippen molar-refractivity contribution in [2.24, 2.45) is 0 Å². The Hall–Kier alpha value is -2.63. The van der Waals surface area contributed by atoms with Gasteiger partial charge in [-0.2, -0.15) is 0 Å². The van der Waals surface area contributed by atoms with Gasteiger partial charge in [0.25, 0.3) is 0 Å². The van der Waals surface area contributed by atoms with Gasteiger partial charge in [0, 0.05) is 12.6 Å². The standard InChI is InChI=1S/C15H15N3O3/c1-9-12(14(19)20)8-17-15(18-9)16-7-11-6-10-4-2-3-5-13(10)21-11/h2-5,8,11H,6-7H2,1H3,(H,19,20)(H,16,17,18). The van der Waals surface area contributed by atoms with Gasteiger partial charge in [-0.1, -0.05) is 18.2 Å². The molecule has 6 nitrogen and oxygen atoms in total. The predicted octanol–water partition coefficient (Wildman–Crippen LogP) is 1.90. The van der Waals surface area contributed by atoms with E-state index in [1.54, 1.807) is 6.92 Å². The number of fused-ring (bicyclic) bond motifs is 1. The maximum absolute atomic E-state index is 10.9. The van der Waals surface area contributed by atoms with Gasteiger partial charge in [-0.15, -0.1) is 0 Å². The van der Waals surface area contributed by atoms with E-state index >= 15 is 0 Å². The molecule has 1 unspecified atom stereocenters. The van der Waals surface area contributed by atoms with Gasteiger partial charge in [0.15, 0.2) is 0 Å². The quantitative estimate of drug-likeness (QED) is 0.892. The van der Waals surface area contributed by atoms with Gasteiger partial charge in [-0.25, -0.2) is 14.8 Å². The van der Waals surface area contributed by atoms with Crippen molar-refractivity contribution in [2.75, 3.05) is 11.9 Å². The Morgan fingerprint density at radius 1 is 1.48 bits per heavy atom. The zero-order valence-electron chi connectivity index (χ0n) is 11.5. The molecule has 2 aromatic rings. The van der Waals surface area contributed by atoms with E-state index in [9.17, 15) is 4.79 Å². The fourth-order valence-electron chi connectivity index (χ4n) is 2.34. The normalized spacial score (nSPS) is 16.1. The molecule has 0 spiro atoms. The Bertz CT molecular complexity index is 663. The summed E-state index contributed by atoms with van der Waals surface area (Å²) in [5, 5.41) is 12.0. The van der Waals surface area contributed by atoms with Crippen LogP contribution in [0.15, 0.2) is 30.5 Å². The number of hydrogen-bond donors (Lipinski definition) is 2. The molecule has 1 atom stereocenters. The van der Waals surface area contributed by atoms with E-state index in [-0.39, 0.29) is 11.7 Å². The highest BCUT2D eigenvalue weighted by Gasteiger charge is 2.22. The molecule has 2 heterocycles. The smallest absolute Gasteiger partial charge is 0.339 e. The highest BCUT2D eigenvalue weighted by atomic mass is 16.5. The minimum absolute atomic E-state index is 0.0328. The van der Waals surface area contributed by atoms with E-state index in [2.05, 4.69) is 21.4 Å². The molecule has 0 saturated heterocycles.